The van der Waals surface area contributed by atoms with Crippen molar-refractivity contribution >= 4 is 12.0 Å². The maximum Gasteiger partial charge on any atom is 0.323 e. The van der Waals surface area contributed by atoms with Crippen molar-refractivity contribution in [1.82, 2.24) is 9.80 Å². The van der Waals surface area contributed by atoms with E-state index in [1.165, 1.54) is 4.90 Å². The lowest BCUT2D eigenvalue weighted by Crippen LogP contribution is -2.45. The fraction of sp³-hybridized carbons (Fsp3) is 0.800. The summed E-state index contributed by atoms with van der Waals surface area (Å²) in [4.78, 5) is 25.4. The minimum atomic E-state index is -0.969. The minimum absolute atomic E-state index is 0.191. The molecular formula is C10H20N2O3. The third-order valence-corrected chi connectivity index (χ3v) is 2.12. The Bertz CT molecular complexity index is 215. The summed E-state index contributed by atoms with van der Waals surface area (Å²) in [7, 11) is 0. The molecular weight excluding hydrogens is 196 g/mol. The molecule has 2 amide bonds. The zero-order valence-corrected chi connectivity index (χ0v) is 9.69. The van der Waals surface area contributed by atoms with Crippen LogP contribution in [0.2, 0.25) is 0 Å². The fourth-order valence-electron chi connectivity index (χ4n) is 1.37. The van der Waals surface area contributed by atoms with E-state index in [1.807, 2.05) is 20.8 Å². The number of carbonyl (C=O) groups is 2. The van der Waals surface area contributed by atoms with Gasteiger partial charge in [0.05, 0.1) is 0 Å². The van der Waals surface area contributed by atoms with E-state index in [9.17, 15) is 9.59 Å². The van der Waals surface area contributed by atoms with E-state index >= 15 is 0 Å². The Morgan fingerprint density at radius 1 is 1.07 bits per heavy atom. The first-order valence-electron chi connectivity index (χ1n) is 5.32. The molecule has 0 aromatic carbocycles. The zero-order chi connectivity index (χ0) is 11.8. The molecule has 0 aliphatic carbocycles. The molecule has 0 saturated heterocycles. The molecule has 5 heteroatoms. The summed E-state index contributed by atoms with van der Waals surface area (Å²) < 4.78 is 0. The van der Waals surface area contributed by atoms with Crippen LogP contribution in [-0.2, 0) is 4.79 Å². The van der Waals surface area contributed by atoms with Crippen molar-refractivity contribution in [2.24, 2.45) is 0 Å². The van der Waals surface area contributed by atoms with Crippen LogP contribution in [-0.4, -0.2) is 53.1 Å². The highest BCUT2D eigenvalue weighted by atomic mass is 16.4. The van der Waals surface area contributed by atoms with Gasteiger partial charge in [-0.25, -0.2) is 4.79 Å². The Hall–Kier alpha value is -1.26. The van der Waals surface area contributed by atoms with Crippen molar-refractivity contribution in [2.45, 2.75) is 27.2 Å². The SMILES string of the molecule is CCCN(CC(=O)O)C(=O)N(CC)CC. The Morgan fingerprint density at radius 2 is 1.60 bits per heavy atom. The van der Waals surface area contributed by atoms with Crippen molar-refractivity contribution in [1.29, 1.82) is 0 Å². The van der Waals surface area contributed by atoms with Crippen LogP contribution in [0.25, 0.3) is 0 Å². The summed E-state index contributed by atoms with van der Waals surface area (Å²) in [6.07, 6.45) is 0.764. The van der Waals surface area contributed by atoms with Crippen molar-refractivity contribution < 1.29 is 14.7 Å². The van der Waals surface area contributed by atoms with Gasteiger partial charge in [0.1, 0.15) is 6.54 Å². The van der Waals surface area contributed by atoms with Crippen LogP contribution < -0.4 is 0 Å². The van der Waals surface area contributed by atoms with Crippen molar-refractivity contribution in [3.05, 3.63) is 0 Å². The molecule has 1 N–H and O–H groups in total. The van der Waals surface area contributed by atoms with Crippen LogP contribution in [0.15, 0.2) is 0 Å². The second-order valence-corrected chi connectivity index (χ2v) is 3.27. The molecule has 0 rings (SSSR count). The van der Waals surface area contributed by atoms with E-state index in [1.54, 1.807) is 4.90 Å². The number of carbonyl (C=O) groups excluding carboxylic acids is 1. The highest BCUT2D eigenvalue weighted by Gasteiger charge is 2.19. The second kappa shape index (κ2) is 7.09. The normalized spacial score (nSPS) is 9.80. The average molecular weight is 216 g/mol. The van der Waals surface area contributed by atoms with Gasteiger partial charge >= 0.3 is 12.0 Å². The highest BCUT2D eigenvalue weighted by molar-refractivity contribution is 5.80. The fourth-order valence-corrected chi connectivity index (χ4v) is 1.37. The molecule has 0 unspecified atom stereocenters. The summed E-state index contributed by atoms with van der Waals surface area (Å²) in [5.74, 6) is -0.969. The molecule has 0 spiro atoms. The van der Waals surface area contributed by atoms with E-state index < -0.39 is 5.97 Å². The van der Waals surface area contributed by atoms with Crippen LogP contribution in [0.3, 0.4) is 0 Å². The third kappa shape index (κ3) is 4.67. The summed E-state index contributed by atoms with van der Waals surface area (Å²) in [5.41, 5.74) is 0. The molecule has 0 aromatic rings. The van der Waals surface area contributed by atoms with Gasteiger partial charge < -0.3 is 14.9 Å². The molecule has 0 aliphatic heterocycles. The van der Waals surface area contributed by atoms with Crippen molar-refractivity contribution in [3.8, 4) is 0 Å². The van der Waals surface area contributed by atoms with Gasteiger partial charge in [0.15, 0.2) is 0 Å². The van der Waals surface area contributed by atoms with E-state index in [0.29, 0.717) is 19.6 Å². The van der Waals surface area contributed by atoms with Crippen LogP contribution in [0.5, 0.6) is 0 Å². The Balaban J connectivity index is 4.45. The lowest BCUT2D eigenvalue weighted by Gasteiger charge is -2.27. The number of aliphatic carboxylic acids is 1. The summed E-state index contributed by atoms with van der Waals surface area (Å²) >= 11 is 0. The van der Waals surface area contributed by atoms with Gasteiger partial charge in [-0.3, -0.25) is 4.79 Å². The van der Waals surface area contributed by atoms with Crippen molar-refractivity contribution in [2.75, 3.05) is 26.2 Å². The van der Waals surface area contributed by atoms with E-state index in [2.05, 4.69) is 0 Å². The molecule has 0 fully saturated rings. The second-order valence-electron chi connectivity index (χ2n) is 3.27. The van der Waals surface area contributed by atoms with Gasteiger partial charge in [-0.05, 0) is 20.3 Å². The largest absolute Gasteiger partial charge is 0.480 e. The summed E-state index contributed by atoms with van der Waals surface area (Å²) in [6, 6.07) is -0.191. The van der Waals surface area contributed by atoms with Crippen molar-refractivity contribution in [3.63, 3.8) is 0 Å². The summed E-state index contributed by atoms with van der Waals surface area (Å²) in [5, 5.41) is 8.67. The predicted octanol–water partition coefficient (Wildman–Crippen LogP) is 1.24. The molecule has 0 bridgehead atoms. The number of rotatable bonds is 6. The Morgan fingerprint density at radius 3 is 1.93 bits per heavy atom. The summed E-state index contributed by atoms with van der Waals surface area (Å²) in [6.45, 7) is 7.16. The first-order valence-corrected chi connectivity index (χ1v) is 5.32. The van der Waals surface area contributed by atoms with Crippen LogP contribution in [0.1, 0.15) is 27.2 Å². The molecule has 15 heavy (non-hydrogen) atoms. The molecule has 0 radical (unpaired) electrons. The predicted molar refractivity (Wildman–Crippen MR) is 57.8 cm³/mol. The monoisotopic (exact) mass is 216 g/mol. The molecule has 5 nitrogen and oxygen atoms in total. The highest BCUT2D eigenvalue weighted by Crippen LogP contribution is 2.00. The smallest absolute Gasteiger partial charge is 0.323 e. The number of carboxylic acids is 1. The first kappa shape index (κ1) is 13.7. The maximum absolute atomic E-state index is 11.8. The van der Waals surface area contributed by atoms with Crippen LogP contribution in [0, 0.1) is 0 Å². The maximum atomic E-state index is 11.8. The minimum Gasteiger partial charge on any atom is -0.480 e. The number of urea groups is 1. The van der Waals surface area contributed by atoms with Gasteiger partial charge in [-0.2, -0.15) is 0 Å². The Kier molecular flexibility index (Phi) is 6.49. The van der Waals surface area contributed by atoms with E-state index in [4.69, 9.17) is 5.11 Å². The standard InChI is InChI=1S/C10H20N2O3/c1-4-7-12(8-9(13)14)10(15)11(5-2)6-3/h4-8H2,1-3H3,(H,13,14). The third-order valence-electron chi connectivity index (χ3n) is 2.12. The first-order chi connectivity index (χ1) is 7.06. The van der Waals surface area contributed by atoms with Gasteiger partial charge in [-0.15, -0.1) is 0 Å². The Labute approximate surface area is 90.7 Å². The number of amides is 2. The lowest BCUT2D eigenvalue weighted by atomic mass is 10.4. The van der Waals surface area contributed by atoms with Crippen LogP contribution in [0.4, 0.5) is 4.79 Å². The number of carboxylic acid groups (broad SMARTS) is 1. The molecule has 88 valence electrons. The van der Waals surface area contributed by atoms with E-state index in [0.717, 1.165) is 6.42 Å². The molecule has 0 heterocycles. The van der Waals surface area contributed by atoms with Gasteiger partial charge in [0, 0.05) is 19.6 Å². The molecule has 0 aliphatic rings. The van der Waals surface area contributed by atoms with Gasteiger partial charge in [0.25, 0.3) is 0 Å². The van der Waals surface area contributed by atoms with Gasteiger partial charge in [0.2, 0.25) is 0 Å². The topological polar surface area (TPSA) is 60.9 Å². The molecule has 0 aromatic heterocycles. The number of nitrogens with zero attached hydrogens (tertiary/aromatic N) is 2. The number of hydrogen-bond donors (Lipinski definition) is 1. The lowest BCUT2D eigenvalue weighted by molar-refractivity contribution is -0.137. The zero-order valence-electron chi connectivity index (χ0n) is 9.69. The van der Waals surface area contributed by atoms with Gasteiger partial charge in [-0.1, -0.05) is 6.92 Å². The average Bonchev–Trinajstić information content (AvgIpc) is 2.18. The number of hydrogen-bond acceptors (Lipinski definition) is 2. The molecule has 0 atom stereocenters. The van der Waals surface area contributed by atoms with Crippen LogP contribution >= 0.6 is 0 Å². The quantitative estimate of drug-likeness (QED) is 0.726. The van der Waals surface area contributed by atoms with E-state index in [-0.39, 0.29) is 12.6 Å². The molecule has 0 saturated carbocycles.